The van der Waals surface area contributed by atoms with Crippen molar-refractivity contribution in [3.05, 3.63) is 102 Å². The number of hydrogen-bond acceptors (Lipinski definition) is 5. The van der Waals surface area contributed by atoms with Gasteiger partial charge in [-0.15, -0.1) is 0 Å². The van der Waals surface area contributed by atoms with Crippen molar-refractivity contribution in [1.82, 2.24) is 9.21 Å². The summed E-state index contributed by atoms with van der Waals surface area (Å²) in [5.41, 5.74) is 2.08. The van der Waals surface area contributed by atoms with E-state index in [1.165, 1.54) is 4.31 Å². The molecule has 3 aromatic rings. The second-order valence-corrected chi connectivity index (χ2v) is 10.1. The molecule has 0 bridgehead atoms. The van der Waals surface area contributed by atoms with E-state index in [4.69, 9.17) is 4.74 Å². The van der Waals surface area contributed by atoms with Gasteiger partial charge in [0, 0.05) is 32.7 Å². The minimum absolute atomic E-state index is 0.191. The molecule has 1 aliphatic heterocycles. The summed E-state index contributed by atoms with van der Waals surface area (Å²) < 4.78 is 33.3. The number of β-amino-alcohol motifs (C(OH)–C–C–N with tert-alkyl or cyclic N) is 1. The highest BCUT2D eigenvalue weighted by atomic mass is 32.2. The first-order chi connectivity index (χ1) is 16.0. The second-order valence-electron chi connectivity index (χ2n) is 8.21. The number of ether oxygens (including phenoxy) is 1. The van der Waals surface area contributed by atoms with Crippen LogP contribution in [0.2, 0.25) is 0 Å². The van der Waals surface area contributed by atoms with Crippen LogP contribution in [0.4, 0.5) is 0 Å². The third kappa shape index (κ3) is 6.07. The maximum Gasteiger partial charge on any atom is 0.243 e. The Morgan fingerprint density at radius 1 is 0.758 bits per heavy atom. The lowest BCUT2D eigenvalue weighted by Gasteiger charge is -2.35. The van der Waals surface area contributed by atoms with E-state index in [1.807, 2.05) is 60.7 Å². The van der Waals surface area contributed by atoms with Crippen molar-refractivity contribution in [1.29, 1.82) is 0 Å². The van der Waals surface area contributed by atoms with Crippen molar-refractivity contribution in [2.24, 2.45) is 0 Å². The number of benzene rings is 3. The fourth-order valence-corrected chi connectivity index (χ4v) is 5.54. The highest BCUT2D eigenvalue weighted by Gasteiger charge is 2.29. The van der Waals surface area contributed by atoms with Gasteiger partial charge in [-0.25, -0.2) is 8.42 Å². The van der Waals surface area contributed by atoms with E-state index in [0.29, 0.717) is 37.6 Å². The van der Waals surface area contributed by atoms with Crippen LogP contribution >= 0.6 is 0 Å². The van der Waals surface area contributed by atoms with Gasteiger partial charge < -0.3 is 9.84 Å². The molecule has 0 spiro atoms. The molecular weight excluding hydrogens is 436 g/mol. The maximum absolute atomic E-state index is 12.8. The highest BCUT2D eigenvalue weighted by Crippen LogP contribution is 2.26. The summed E-state index contributed by atoms with van der Waals surface area (Å²) >= 11 is 0. The molecule has 1 heterocycles. The van der Waals surface area contributed by atoms with Crippen LogP contribution in [0.25, 0.3) is 0 Å². The quantitative estimate of drug-likeness (QED) is 0.525. The Bertz CT molecular complexity index is 1050. The Morgan fingerprint density at radius 2 is 1.24 bits per heavy atom. The largest absolute Gasteiger partial charge is 0.389 e. The van der Waals surface area contributed by atoms with Gasteiger partial charge in [-0.05, 0) is 23.3 Å². The van der Waals surface area contributed by atoms with Gasteiger partial charge in [0.1, 0.15) is 6.10 Å². The van der Waals surface area contributed by atoms with Crippen LogP contribution in [0, 0.1) is 0 Å². The van der Waals surface area contributed by atoms with Gasteiger partial charge in [-0.3, -0.25) is 4.90 Å². The predicted molar refractivity (Wildman–Crippen MR) is 128 cm³/mol. The molecular formula is C26H30N2O4S. The third-order valence-corrected chi connectivity index (χ3v) is 7.75. The normalized spacial score (nSPS) is 16.7. The fraction of sp³-hybridized carbons (Fsp3) is 0.308. The van der Waals surface area contributed by atoms with Crippen molar-refractivity contribution in [2.45, 2.75) is 17.1 Å². The molecule has 0 radical (unpaired) electrons. The monoisotopic (exact) mass is 466 g/mol. The molecule has 1 fully saturated rings. The second kappa shape index (κ2) is 11.0. The lowest BCUT2D eigenvalue weighted by molar-refractivity contribution is -0.0117. The van der Waals surface area contributed by atoms with Gasteiger partial charge in [-0.1, -0.05) is 78.9 Å². The van der Waals surface area contributed by atoms with Crippen LogP contribution in [0.1, 0.15) is 17.2 Å². The van der Waals surface area contributed by atoms with E-state index in [-0.39, 0.29) is 12.7 Å². The summed E-state index contributed by atoms with van der Waals surface area (Å²) in [4.78, 5) is 2.41. The molecule has 0 amide bonds. The van der Waals surface area contributed by atoms with Crippen molar-refractivity contribution in [3.63, 3.8) is 0 Å². The zero-order valence-corrected chi connectivity index (χ0v) is 19.3. The highest BCUT2D eigenvalue weighted by molar-refractivity contribution is 7.89. The Morgan fingerprint density at radius 3 is 1.76 bits per heavy atom. The van der Waals surface area contributed by atoms with Crippen LogP contribution < -0.4 is 0 Å². The molecule has 0 aromatic heterocycles. The first-order valence-corrected chi connectivity index (χ1v) is 12.6. The number of aliphatic hydroxyl groups excluding tert-OH is 1. The van der Waals surface area contributed by atoms with Crippen molar-refractivity contribution < 1.29 is 18.3 Å². The van der Waals surface area contributed by atoms with Gasteiger partial charge in [0.15, 0.2) is 0 Å². The summed E-state index contributed by atoms with van der Waals surface area (Å²) in [5, 5.41) is 10.6. The van der Waals surface area contributed by atoms with Gasteiger partial charge >= 0.3 is 0 Å². The average Bonchev–Trinajstić information content (AvgIpc) is 2.86. The summed E-state index contributed by atoms with van der Waals surface area (Å²) in [6.45, 7) is 2.59. The molecule has 33 heavy (non-hydrogen) atoms. The van der Waals surface area contributed by atoms with Crippen LogP contribution in [-0.2, 0) is 14.8 Å². The number of rotatable bonds is 9. The minimum Gasteiger partial charge on any atom is -0.389 e. The molecule has 1 atom stereocenters. The Balaban J connectivity index is 1.31. The first kappa shape index (κ1) is 23.6. The zero-order valence-electron chi connectivity index (χ0n) is 18.5. The smallest absolute Gasteiger partial charge is 0.243 e. The van der Waals surface area contributed by atoms with Gasteiger partial charge in [0.05, 0.1) is 17.6 Å². The lowest BCUT2D eigenvalue weighted by atomic mass is 10.0. The van der Waals surface area contributed by atoms with E-state index < -0.39 is 16.1 Å². The summed E-state index contributed by atoms with van der Waals surface area (Å²) in [5.74, 6) is 0. The van der Waals surface area contributed by atoms with E-state index in [9.17, 15) is 13.5 Å². The molecule has 3 aromatic carbocycles. The Kier molecular flexibility index (Phi) is 7.90. The molecule has 1 N–H and O–H groups in total. The maximum atomic E-state index is 12.8. The average molecular weight is 467 g/mol. The Labute approximate surface area is 196 Å². The third-order valence-electron chi connectivity index (χ3n) is 5.84. The predicted octanol–water partition coefficient (Wildman–Crippen LogP) is 3.16. The van der Waals surface area contributed by atoms with Crippen molar-refractivity contribution >= 4 is 10.0 Å². The first-order valence-electron chi connectivity index (χ1n) is 11.2. The Hall–Kier alpha value is -2.55. The number of aliphatic hydroxyl groups is 1. The van der Waals surface area contributed by atoms with Crippen LogP contribution in [0.3, 0.4) is 0 Å². The van der Waals surface area contributed by atoms with Gasteiger partial charge in [-0.2, -0.15) is 4.31 Å². The minimum atomic E-state index is -3.48. The summed E-state index contributed by atoms with van der Waals surface area (Å²) in [6, 6.07) is 28.5. The molecule has 174 valence electrons. The van der Waals surface area contributed by atoms with E-state index >= 15 is 0 Å². The van der Waals surface area contributed by atoms with Crippen LogP contribution in [0.15, 0.2) is 95.9 Å². The topological polar surface area (TPSA) is 70.1 Å². The molecule has 1 aliphatic rings. The van der Waals surface area contributed by atoms with Crippen molar-refractivity contribution in [3.8, 4) is 0 Å². The van der Waals surface area contributed by atoms with Gasteiger partial charge in [0.25, 0.3) is 0 Å². The van der Waals surface area contributed by atoms with E-state index in [1.54, 1.807) is 30.3 Å². The molecule has 0 aliphatic carbocycles. The number of nitrogens with zero attached hydrogens (tertiary/aromatic N) is 2. The SMILES string of the molecule is O=S(=O)(c1ccccc1)N1CCN(C[C@@H](O)COC(c2ccccc2)c2ccccc2)CC1. The van der Waals surface area contributed by atoms with Crippen LogP contribution in [-0.4, -0.2) is 68.2 Å². The van der Waals surface area contributed by atoms with Crippen molar-refractivity contribution in [2.75, 3.05) is 39.3 Å². The van der Waals surface area contributed by atoms with E-state index in [2.05, 4.69) is 4.90 Å². The molecule has 6 nitrogen and oxygen atoms in total. The summed E-state index contributed by atoms with van der Waals surface area (Å²) in [7, 11) is -3.48. The molecule has 4 rings (SSSR count). The number of hydrogen-bond donors (Lipinski definition) is 1. The lowest BCUT2D eigenvalue weighted by Crippen LogP contribution is -2.50. The molecule has 1 saturated heterocycles. The molecule has 0 unspecified atom stereocenters. The standard InChI is InChI=1S/C26H30N2O4S/c29-24(21-32-26(22-10-4-1-5-11-22)23-12-6-2-7-13-23)20-27-16-18-28(19-17-27)33(30,31)25-14-8-3-9-15-25/h1-15,24,26,29H,16-21H2/t24-/m1/s1. The van der Waals surface area contributed by atoms with Gasteiger partial charge in [0.2, 0.25) is 10.0 Å². The number of sulfonamides is 1. The zero-order chi connectivity index (χ0) is 23.1. The van der Waals surface area contributed by atoms with Crippen LogP contribution in [0.5, 0.6) is 0 Å². The fourth-order valence-electron chi connectivity index (χ4n) is 4.09. The summed E-state index contributed by atoms with van der Waals surface area (Å²) in [6.07, 6.45) is -0.924. The molecule has 7 heteroatoms. The van der Waals surface area contributed by atoms with E-state index in [0.717, 1.165) is 11.1 Å². The molecule has 0 saturated carbocycles. The number of piperazine rings is 1.